The molecule has 0 unspecified atom stereocenters. The standard InChI is InChI=1S/C11H8BrN5OS/c12-9-2-1-8(19-9)6-3-10(17-16-6)15-11(18)7-4-13-5-14-7/h1-5H,(H,13,14)(H2,15,16,17,18). The van der Waals surface area contributed by atoms with Gasteiger partial charge in [-0.05, 0) is 28.1 Å². The van der Waals surface area contributed by atoms with Crippen molar-refractivity contribution in [2.75, 3.05) is 5.32 Å². The number of aromatic amines is 2. The second-order valence-corrected chi connectivity index (χ2v) is 6.15. The highest BCUT2D eigenvalue weighted by Gasteiger charge is 2.11. The number of rotatable bonds is 3. The van der Waals surface area contributed by atoms with Gasteiger partial charge in [0.15, 0.2) is 5.82 Å². The highest BCUT2D eigenvalue weighted by atomic mass is 79.9. The first-order valence-electron chi connectivity index (χ1n) is 5.33. The van der Waals surface area contributed by atoms with Crippen molar-refractivity contribution in [3.63, 3.8) is 0 Å². The maximum atomic E-state index is 11.8. The summed E-state index contributed by atoms with van der Waals surface area (Å²) in [5, 5.41) is 9.62. The molecular weight excluding hydrogens is 330 g/mol. The molecule has 0 saturated heterocycles. The number of thiophene rings is 1. The summed E-state index contributed by atoms with van der Waals surface area (Å²) in [7, 11) is 0. The first-order valence-corrected chi connectivity index (χ1v) is 6.94. The van der Waals surface area contributed by atoms with Gasteiger partial charge in [0.25, 0.3) is 5.91 Å². The van der Waals surface area contributed by atoms with Gasteiger partial charge in [0, 0.05) is 6.07 Å². The average Bonchev–Trinajstić information content (AvgIpc) is 3.07. The number of carbonyl (C=O) groups excluding carboxylic acids is 1. The van der Waals surface area contributed by atoms with E-state index in [1.807, 2.05) is 12.1 Å². The Morgan fingerprint density at radius 2 is 2.32 bits per heavy atom. The lowest BCUT2D eigenvalue weighted by Crippen LogP contribution is -2.12. The largest absolute Gasteiger partial charge is 0.341 e. The zero-order valence-electron chi connectivity index (χ0n) is 9.48. The Bertz CT molecular complexity index is 702. The van der Waals surface area contributed by atoms with E-state index in [-0.39, 0.29) is 5.91 Å². The van der Waals surface area contributed by atoms with E-state index in [0.29, 0.717) is 11.5 Å². The Morgan fingerprint density at radius 3 is 3.00 bits per heavy atom. The van der Waals surface area contributed by atoms with Gasteiger partial charge in [-0.2, -0.15) is 5.10 Å². The second kappa shape index (κ2) is 4.98. The number of anilines is 1. The molecule has 3 aromatic heterocycles. The highest BCUT2D eigenvalue weighted by Crippen LogP contribution is 2.30. The number of halogens is 1. The first-order chi connectivity index (χ1) is 9.22. The summed E-state index contributed by atoms with van der Waals surface area (Å²) >= 11 is 4.99. The van der Waals surface area contributed by atoms with Crippen molar-refractivity contribution in [1.29, 1.82) is 0 Å². The van der Waals surface area contributed by atoms with E-state index in [1.165, 1.54) is 12.5 Å². The topological polar surface area (TPSA) is 86.5 Å². The molecule has 0 aliphatic heterocycles. The predicted molar refractivity (Wildman–Crippen MR) is 76.1 cm³/mol. The van der Waals surface area contributed by atoms with Crippen LogP contribution in [0.2, 0.25) is 0 Å². The van der Waals surface area contributed by atoms with E-state index >= 15 is 0 Å². The van der Waals surface area contributed by atoms with Crippen LogP contribution < -0.4 is 5.32 Å². The van der Waals surface area contributed by atoms with Crippen molar-refractivity contribution >= 4 is 39.0 Å². The second-order valence-electron chi connectivity index (χ2n) is 3.69. The Hall–Kier alpha value is -1.93. The molecule has 3 aromatic rings. The summed E-state index contributed by atoms with van der Waals surface area (Å²) < 4.78 is 1.04. The van der Waals surface area contributed by atoms with Crippen LogP contribution in [-0.4, -0.2) is 26.1 Å². The first kappa shape index (κ1) is 12.1. The number of amides is 1. The summed E-state index contributed by atoms with van der Waals surface area (Å²) in [6, 6.07) is 5.72. The zero-order valence-corrected chi connectivity index (χ0v) is 11.9. The molecule has 3 rings (SSSR count). The summed E-state index contributed by atoms with van der Waals surface area (Å²) in [6.45, 7) is 0. The maximum absolute atomic E-state index is 11.8. The number of hydrogen-bond acceptors (Lipinski definition) is 4. The normalized spacial score (nSPS) is 10.6. The third kappa shape index (κ3) is 2.59. The van der Waals surface area contributed by atoms with Crippen LogP contribution in [-0.2, 0) is 0 Å². The molecule has 1 amide bonds. The van der Waals surface area contributed by atoms with Gasteiger partial charge < -0.3 is 10.3 Å². The van der Waals surface area contributed by atoms with Gasteiger partial charge in [-0.1, -0.05) is 0 Å². The van der Waals surface area contributed by atoms with Crippen molar-refractivity contribution < 1.29 is 4.79 Å². The van der Waals surface area contributed by atoms with Crippen LogP contribution in [0.5, 0.6) is 0 Å². The smallest absolute Gasteiger partial charge is 0.274 e. The van der Waals surface area contributed by atoms with E-state index in [1.54, 1.807) is 17.4 Å². The molecule has 0 aromatic carbocycles. The third-order valence-electron chi connectivity index (χ3n) is 2.40. The van der Waals surface area contributed by atoms with Gasteiger partial charge in [0.2, 0.25) is 0 Å². The van der Waals surface area contributed by atoms with Crippen molar-refractivity contribution in [2.24, 2.45) is 0 Å². The molecule has 3 heterocycles. The van der Waals surface area contributed by atoms with Gasteiger partial charge >= 0.3 is 0 Å². The maximum Gasteiger partial charge on any atom is 0.274 e. The third-order valence-corrected chi connectivity index (χ3v) is 4.06. The van der Waals surface area contributed by atoms with E-state index in [2.05, 4.69) is 41.4 Å². The number of imidazole rings is 1. The molecular formula is C11H8BrN5OS. The van der Waals surface area contributed by atoms with Crippen LogP contribution in [0, 0.1) is 0 Å². The Kier molecular flexibility index (Phi) is 3.18. The Morgan fingerprint density at radius 1 is 1.42 bits per heavy atom. The predicted octanol–water partition coefficient (Wildman–Crippen LogP) is 2.88. The van der Waals surface area contributed by atoms with Crippen molar-refractivity contribution in [3.8, 4) is 10.6 Å². The van der Waals surface area contributed by atoms with Gasteiger partial charge in [-0.3, -0.25) is 9.89 Å². The minimum atomic E-state index is -0.275. The monoisotopic (exact) mass is 337 g/mol. The number of aromatic nitrogens is 4. The van der Waals surface area contributed by atoms with E-state index in [4.69, 9.17) is 0 Å². The quantitative estimate of drug-likeness (QED) is 0.686. The van der Waals surface area contributed by atoms with Crippen LogP contribution in [0.25, 0.3) is 10.6 Å². The lowest BCUT2D eigenvalue weighted by Gasteiger charge is -1.97. The number of nitrogens with one attached hydrogen (secondary N) is 3. The molecule has 19 heavy (non-hydrogen) atoms. The number of H-pyrrole nitrogens is 2. The molecule has 0 fully saturated rings. The average molecular weight is 338 g/mol. The molecule has 96 valence electrons. The van der Waals surface area contributed by atoms with Gasteiger partial charge in [-0.15, -0.1) is 11.3 Å². The van der Waals surface area contributed by atoms with Crippen molar-refractivity contribution in [2.45, 2.75) is 0 Å². The van der Waals surface area contributed by atoms with Gasteiger partial charge in [-0.25, -0.2) is 4.98 Å². The molecule has 0 atom stereocenters. The minimum Gasteiger partial charge on any atom is -0.341 e. The van der Waals surface area contributed by atoms with Crippen LogP contribution in [0.15, 0.2) is 34.5 Å². The molecule has 0 spiro atoms. The van der Waals surface area contributed by atoms with Crippen molar-refractivity contribution in [1.82, 2.24) is 20.2 Å². The summed E-state index contributed by atoms with van der Waals surface area (Å²) in [5.41, 5.74) is 1.25. The lowest BCUT2D eigenvalue weighted by molar-refractivity contribution is 0.102. The molecule has 0 saturated carbocycles. The molecule has 6 nitrogen and oxygen atoms in total. The minimum absolute atomic E-state index is 0.275. The molecule has 0 bridgehead atoms. The Labute approximate surface area is 120 Å². The van der Waals surface area contributed by atoms with Gasteiger partial charge in [0.05, 0.1) is 26.9 Å². The summed E-state index contributed by atoms with van der Waals surface area (Å²) in [5.74, 6) is 0.196. The van der Waals surface area contributed by atoms with Crippen LogP contribution in [0.1, 0.15) is 10.5 Å². The zero-order chi connectivity index (χ0) is 13.2. The van der Waals surface area contributed by atoms with Gasteiger partial charge in [0.1, 0.15) is 5.69 Å². The summed E-state index contributed by atoms with van der Waals surface area (Å²) in [6.07, 6.45) is 2.91. The number of nitrogens with zero attached hydrogens (tertiary/aromatic N) is 2. The van der Waals surface area contributed by atoms with E-state index in [9.17, 15) is 4.79 Å². The summed E-state index contributed by atoms with van der Waals surface area (Å²) in [4.78, 5) is 19.4. The SMILES string of the molecule is O=C(Nc1cc(-c2ccc(Br)s2)[nH]n1)c1cnc[nH]1. The fourth-order valence-electron chi connectivity index (χ4n) is 1.53. The van der Waals surface area contributed by atoms with Crippen molar-refractivity contribution in [3.05, 3.63) is 40.2 Å². The molecule has 0 radical (unpaired) electrons. The van der Waals surface area contributed by atoms with E-state index < -0.39 is 0 Å². The van der Waals surface area contributed by atoms with Crippen LogP contribution >= 0.6 is 27.3 Å². The molecule has 3 N–H and O–H groups in total. The Balaban J connectivity index is 1.77. The van der Waals surface area contributed by atoms with Crippen LogP contribution in [0.3, 0.4) is 0 Å². The lowest BCUT2D eigenvalue weighted by atomic mass is 10.3. The fourth-order valence-corrected chi connectivity index (χ4v) is 2.89. The highest BCUT2D eigenvalue weighted by molar-refractivity contribution is 9.11. The van der Waals surface area contributed by atoms with E-state index in [0.717, 1.165) is 14.4 Å². The molecule has 0 aliphatic carbocycles. The van der Waals surface area contributed by atoms with Crippen LogP contribution in [0.4, 0.5) is 5.82 Å². The molecule has 8 heteroatoms. The number of carbonyl (C=O) groups is 1. The number of hydrogen-bond donors (Lipinski definition) is 3. The molecule has 0 aliphatic rings. The fraction of sp³-hybridized carbons (Fsp3) is 0.